The molecule has 0 aliphatic rings. The first-order valence-corrected chi connectivity index (χ1v) is 5.70. The van der Waals surface area contributed by atoms with Crippen molar-refractivity contribution in [3.05, 3.63) is 54.4 Å². The van der Waals surface area contributed by atoms with Crippen LogP contribution in [0.2, 0.25) is 0 Å². The Morgan fingerprint density at radius 3 is 2.67 bits per heavy atom. The van der Waals surface area contributed by atoms with Crippen molar-refractivity contribution in [2.45, 2.75) is 6.54 Å². The van der Waals surface area contributed by atoms with Crippen molar-refractivity contribution in [1.82, 2.24) is 20.3 Å². The molecule has 2 aromatic rings. The van der Waals surface area contributed by atoms with E-state index >= 15 is 0 Å². The third kappa shape index (κ3) is 3.86. The fraction of sp³-hybridized carbons (Fsp3) is 0.154. The van der Waals surface area contributed by atoms with Gasteiger partial charge in [-0.25, -0.2) is 0 Å². The van der Waals surface area contributed by atoms with E-state index in [0.717, 1.165) is 5.56 Å². The van der Waals surface area contributed by atoms with E-state index in [0.29, 0.717) is 13.1 Å². The summed E-state index contributed by atoms with van der Waals surface area (Å²) in [6.07, 6.45) is 6.52. The van der Waals surface area contributed by atoms with E-state index < -0.39 is 0 Å². The SMILES string of the molecule is O=C(C=Cc1ccccc1)NCCn1nccn1. The third-order valence-corrected chi connectivity index (χ3v) is 2.30. The molecule has 2 rings (SSSR count). The number of hydrogen-bond acceptors (Lipinski definition) is 3. The Bertz CT molecular complexity index is 505. The van der Waals surface area contributed by atoms with Gasteiger partial charge in [0.05, 0.1) is 18.9 Å². The molecule has 0 fully saturated rings. The molecule has 0 atom stereocenters. The summed E-state index contributed by atoms with van der Waals surface area (Å²) in [4.78, 5) is 13.0. The number of nitrogens with one attached hydrogen (secondary N) is 1. The molecule has 5 nitrogen and oxygen atoms in total. The lowest BCUT2D eigenvalue weighted by atomic mass is 10.2. The number of amides is 1. The lowest BCUT2D eigenvalue weighted by Gasteiger charge is -2.01. The van der Waals surface area contributed by atoms with Crippen LogP contribution in [0.4, 0.5) is 0 Å². The van der Waals surface area contributed by atoms with Gasteiger partial charge in [0.25, 0.3) is 0 Å². The highest BCUT2D eigenvalue weighted by molar-refractivity contribution is 5.91. The van der Waals surface area contributed by atoms with Gasteiger partial charge < -0.3 is 5.32 Å². The van der Waals surface area contributed by atoms with Gasteiger partial charge in [0.2, 0.25) is 5.91 Å². The summed E-state index contributed by atoms with van der Waals surface area (Å²) in [5, 5.41) is 10.7. The molecule has 0 bridgehead atoms. The molecule has 5 heteroatoms. The largest absolute Gasteiger partial charge is 0.351 e. The van der Waals surface area contributed by atoms with Gasteiger partial charge in [0.15, 0.2) is 0 Å². The van der Waals surface area contributed by atoms with E-state index in [1.165, 1.54) is 10.9 Å². The second-order valence-electron chi connectivity index (χ2n) is 3.66. The summed E-state index contributed by atoms with van der Waals surface area (Å²) >= 11 is 0. The van der Waals surface area contributed by atoms with Crippen LogP contribution in [-0.2, 0) is 11.3 Å². The van der Waals surface area contributed by atoms with Crippen LogP contribution in [0, 0.1) is 0 Å². The van der Waals surface area contributed by atoms with Gasteiger partial charge in [-0.1, -0.05) is 30.3 Å². The Morgan fingerprint density at radius 1 is 1.22 bits per heavy atom. The fourth-order valence-electron chi connectivity index (χ4n) is 1.43. The van der Waals surface area contributed by atoms with E-state index in [2.05, 4.69) is 15.5 Å². The van der Waals surface area contributed by atoms with Crippen LogP contribution in [0.3, 0.4) is 0 Å². The van der Waals surface area contributed by atoms with Crippen LogP contribution in [0.15, 0.2) is 48.8 Å². The van der Waals surface area contributed by atoms with Crippen molar-refractivity contribution in [3.63, 3.8) is 0 Å². The summed E-state index contributed by atoms with van der Waals surface area (Å²) < 4.78 is 0. The predicted molar refractivity (Wildman–Crippen MR) is 68.5 cm³/mol. The second kappa shape index (κ2) is 6.34. The molecule has 0 unspecified atom stereocenters. The van der Waals surface area contributed by atoms with E-state index in [1.807, 2.05) is 30.3 Å². The second-order valence-corrected chi connectivity index (χ2v) is 3.66. The molecular weight excluding hydrogens is 228 g/mol. The molecule has 92 valence electrons. The van der Waals surface area contributed by atoms with Crippen molar-refractivity contribution < 1.29 is 4.79 Å². The maximum Gasteiger partial charge on any atom is 0.244 e. The highest BCUT2D eigenvalue weighted by Crippen LogP contribution is 2.00. The number of carbonyl (C=O) groups excluding carboxylic acids is 1. The first-order valence-electron chi connectivity index (χ1n) is 5.70. The first-order chi connectivity index (χ1) is 8.84. The number of hydrogen-bond donors (Lipinski definition) is 1. The van der Waals surface area contributed by atoms with E-state index in [-0.39, 0.29) is 5.91 Å². The number of nitrogens with zero attached hydrogens (tertiary/aromatic N) is 3. The molecule has 0 aliphatic heterocycles. The van der Waals surface area contributed by atoms with Crippen molar-refractivity contribution in [2.75, 3.05) is 6.54 Å². The Balaban J connectivity index is 1.74. The highest BCUT2D eigenvalue weighted by Gasteiger charge is 1.96. The Kier molecular flexibility index (Phi) is 4.24. The molecule has 1 N–H and O–H groups in total. The Labute approximate surface area is 105 Å². The normalized spacial score (nSPS) is 10.7. The molecule has 0 saturated heterocycles. The number of carbonyl (C=O) groups is 1. The van der Waals surface area contributed by atoms with Crippen LogP contribution in [0.5, 0.6) is 0 Å². The minimum atomic E-state index is -0.119. The average Bonchev–Trinajstić information content (AvgIpc) is 2.91. The lowest BCUT2D eigenvalue weighted by Crippen LogP contribution is -2.26. The highest BCUT2D eigenvalue weighted by atomic mass is 16.1. The van der Waals surface area contributed by atoms with Crippen molar-refractivity contribution in [1.29, 1.82) is 0 Å². The molecule has 0 radical (unpaired) electrons. The predicted octanol–water partition coefficient (Wildman–Crippen LogP) is 1.11. The van der Waals surface area contributed by atoms with Crippen LogP contribution in [-0.4, -0.2) is 27.4 Å². The van der Waals surface area contributed by atoms with Gasteiger partial charge in [-0.05, 0) is 11.6 Å². The maximum absolute atomic E-state index is 11.5. The molecule has 1 heterocycles. The van der Waals surface area contributed by atoms with Gasteiger partial charge in [0, 0.05) is 12.6 Å². The minimum absolute atomic E-state index is 0.119. The monoisotopic (exact) mass is 242 g/mol. The summed E-state index contributed by atoms with van der Waals surface area (Å²) in [6.45, 7) is 1.07. The lowest BCUT2D eigenvalue weighted by molar-refractivity contribution is -0.116. The van der Waals surface area contributed by atoms with E-state index in [9.17, 15) is 4.79 Å². The van der Waals surface area contributed by atoms with Crippen molar-refractivity contribution in [3.8, 4) is 0 Å². The van der Waals surface area contributed by atoms with Gasteiger partial charge in [-0.15, -0.1) is 0 Å². The van der Waals surface area contributed by atoms with Crippen LogP contribution in [0.1, 0.15) is 5.56 Å². The first kappa shape index (κ1) is 12.0. The maximum atomic E-state index is 11.5. The molecule has 1 amide bonds. The number of aromatic nitrogens is 3. The summed E-state index contributed by atoms with van der Waals surface area (Å²) in [5.74, 6) is -0.119. The van der Waals surface area contributed by atoms with Crippen LogP contribution >= 0.6 is 0 Å². The number of rotatable bonds is 5. The zero-order valence-electron chi connectivity index (χ0n) is 9.86. The summed E-state index contributed by atoms with van der Waals surface area (Å²) in [6, 6.07) is 9.69. The average molecular weight is 242 g/mol. The zero-order chi connectivity index (χ0) is 12.6. The Hall–Kier alpha value is -2.43. The molecule has 1 aromatic heterocycles. The molecule has 0 saturated carbocycles. The smallest absolute Gasteiger partial charge is 0.244 e. The van der Waals surface area contributed by atoms with Gasteiger partial charge in [0.1, 0.15) is 0 Å². The zero-order valence-corrected chi connectivity index (χ0v) is 9.86. The topological polar surface area (TPSA) is 59.8 Å². The summed E-state index contributed by atoms with van der Waals surface area (Å²) in [5.41, 5.74) is 1.00. The van der Waals surface area contributed by atoms with E-state index in [1.54, 1.807) is 18.5 Å². The Morgan fingerprint density at radius 2 is 1.94 bits per heavy atom. The fourth-order valence-corrected chi connectivity index (χ4v) is 1.43. The molecule has 0 aliphatic carbocycles. The minimum Gasteiger partial charge on any atom is -0.351 e. The summed E-state index contributed by atoms with van der Waals surface area (Å²) in [7, 11) is 0. The van der Waals surface area contributed by atoms with E-state index in [4.69, 9.17) is 0 Å². The van der Waals surface area contributed by atoms with Crippen LogP contribution in [0.25, 0.3) is 6.08 Å². The molecular formula is C13H14N4O. The molecule has 0 spiro atoms. The van der Waals surface area contributed by atoms with Gasteiger partial charge in [-0.3, -0.25) is 4.79 Å². The van der Waals surface area contributed by atoms with Crippen molar-refractivity contribution >= 4 is 12.0 Å². The molecule has 18 heavy (non-hydrogen) atoms. The van der Waals surface area contributed by atoms with Gasteiger partial charge in [-0.2, -0.15) is 15.0 Å². The third-order valence-electron chi connectivity index (χ3n) is 2.30. The van der Waals surface area contributed by atoms with Gasteiger partial charge >= 0.3 is 0 Å². The standard InChI is InChI=1S/C13H14N4O/c18-13(7-6-12-4-2-1-3-5-12)14-10-11-17-15-8-9-16-17/h1-9H,10-11H2,(H,14,18). The molecule has 1 aromatic carbocycles. The van der Waals surface area contributed by atoms with Crippen molar-refractivity contribution in [2.24, 2.45) is 0 Å². The number of benzene rings is 1. The quantitative estimate of drug-likeness (QED) is 0.799. The van der Waals surface area contributed by atoms with Crippen LogP contribution < -0.4 is 5.32 Å².